The van der Waals surface area contributed by atoms with E-state index in [1.807, 2.05) is 66.7 Å². The second-order valence-electron chi connectivity index (χ2n) is 10.0. The topological polar surface area (TPSA) is 48.0 Å². The SMILES string of the molecule is COc1ccc(OC[C@@H](C)C2=C[C@@H](C#C[Si](C)(C)C)N(C(=O)Oc3ccccc3)c3ccccc32)cc1. The molecule has 0 N–H and O–H groups in total. The van der Waals surface area contributed by atoms with Crippen LogP contribution in [0.2, 0.25) is 19.6 Å². The summed E-state index contributed by atoms with van der Waals surface area (Å²) in [4.78, 5) is 15.2. The number of nitrogens with zero attached hydrogens (tertiary/aromatic N) is 1. The predicted octanol–water partition coefficient (Wildman–Crippen LogP) is 7.06. The van der Waals surface area contributed by atoms with Gasteiger partial charge in [-0.3, -0.25) is 4.90 Å². The molecule has 1 aliphatic rings. The normalized spacial score (nSPS) is 15.4. The molecule has 0 saturated heterocycles. The van der Waals surface area contributed by atoms with Crippen molar-refractivity contribution in [1.29, 1.82) is 0 Å². The molecule has 5 nitrogen and oxygen atoms in total. The van der Waals surface area contributed by atoms with E-state index in [-0.39, 0.29) is 5.92 Å². The average molecular weight is 512 g/mol. The molecule has 0 radical (unpaired) electrons. The van der Waals surface area contributed by atoms with Crippen molar-refractivity contribution < 1.29 is 19.0 Å². The van der Waals surface area contributed by atoms with Crippen LogP contribution in [0.25, 0.3) is 5.57 Å². The number of benzene rings is 3. The van der Waals surface area contributed by atoms with Gasteiger partial charge in [-0.15, -0.1) is 5.54 Å². The molecule has 0 aliphatic carbocycles. The number of para-hydroxylation sites is 2. The van der Waals surface area contributed by atoms with Crippen molar-refractivity contribution in [3.05, 3.63) is 90.5 Å². The minimum absolute atomic E-state index is 0.0618. The number of hydrogen-bond acceptors (Lipinski definition) is 4. The van der Waals surface area contributed by atoms with Gasteiger partial charge >= 0.3 is 6.09 Å². The lowest BCUT2D eigenvalue weighted by Crippen LogP contribution is -2.43. The van der Waals surface area contributed by atoms with E-state index in [0.717, 1.165) is 28.3 Å². The van der Waals surface area contributed by atoms with Crippen LogP contribution in [0.1, 0.15) is 12.5 Å². The summed E-state index contributed by atoms with van der Waals surface area (Å²) in [5.74, 6) is 5.52. The molecular formula is C31H33NO4Si. The van der Waals surface area contributed by atoms with Crippen molar-refractivity contribution in [2.45, 2.75) is 32.6 Å². The fraction of sp³-hybridized carbons (Fsp3) is 0.258. The van der Waals surface area contributed by atoms with E-state index in [1.54, 1.807) is 24.1 Å². The van der Waals surface area contributed by atoms with Gasteiger partial charge in [0.2, 0.25) is 0 Å². The maximum absolute atomic E-state index is 13.5. The molecule has 0 spiro atoms. The summed E-state index contributed by atoms with van der Waals surface area (Å²) in [5, 5.41) is 0. The van der Waals surface area contributed by atoms with Crippen molar-refractivity contribution >= 4 is 25.4 Å². The summed E-state index contributed by atoms with van der Waals surface area (Å²) >= 11 is 0. The van der Waals surface area contributed by atoms with Gasteiger partial charge in [-0.05, 0) is 54.1 Å². The van der Waals surface area contributed by atoms with Crippen LogP contribution in [0.4, 0.5) is 10.5 Å². The Morgan fingerprint density at radius 1 is 0.919 bits per heavy atom. The number of fused-ring (bicyclic) bond motifs is 1. The Hall–Kier alpha value is -3.95. The summed E-state index contributed by atoms with van der Waals surface area (Å²) in [6, 6.07) is 24.2. The number of amides is 1. The molecular weight excluding hydrogens is 478 g/mol. The molecule has 0 aromatic heterocycles. The first-order chi connectivity index (χ1) is 17.7. The van der Waals surface area contributed by atoms with Crippen LogP contribution >= 0.6 is 0 Å². The quantitative estimate of drug-likeness (QED) is 0.262. The van der Waals surface area contributed by atoms with Gasteiger partial charge in [0.15, 0.2) is 0 Å². The number of methoxy groups -OCH3 is 1. The highest BCUT2D eigenvalue weighted by atomic mass is 28.3. The number of hydrogen-bond donors (Lipinski definition) is 0. The zero-order chi connectivity index (χ0) is 26.4. The minimum atomic E-state index is -1.69. The molecule has 0 unspecified atom stereocenters. The Bertz CT molecular complexity index is 1320. The lowest BCUT2D eigenvalue weighted by Gasteiger charge is -2.34. The molecule has 3 aromatic rings. The van der Waals surface area contributed by atoms with Crippen molar-refractivity contribution in [3.8, 4) is 28.7 Å². The van der Waals surface area contributed by atoms with Crippen LogP contribution in [-0.4, -0.2) is 33.9 Å². The number of anilines is 1. The first-order valence-corrected chi connectivity index (χ1v) is 15.9. The number of rotatable bonds is 6. The van der Waals surface area contributed by atoms with Gasteiger partial charge in [0.1, 0.15) is 31.4 Å². The Morgan fingerprint density at radius 2 is 1.57 bits per heavy atom. The Balaban J connectivity index is 1.66. The second kappa shape index (κ2) is 11.4. The lowest BCUT2D eigenvalue weighted by atomic mass is 9.88. The van der Waals surface area contributed by atoms with E-state index >= 15 is 0 Å². The molecule has 0 fully saturated rings. The molecule has 2 atom stereocenters. The molecule has 0 saturated carbocycles. The van der Waals surface area contributed by atoms with Crippen LogP contribution in [-0.2, 0) is 0 Å². The highest BCUT2D eigenvalue weighted by Gasteiger charge is 2.33. The molecule has 3 aromatic carbocycles. The number of ether oxygens (including phenoxy) is 3. The monoisotopic (exact) mass is 511 g/mol. The third-order valence-electron chi connectivity index (χ3n) is 5.92. The zero-order valence-corrected chi connectivity index (χ0v) is 23.0. The highest BCUT2D eigenvalue weighted by Crippen LogP contribution is 2.38. The zero-order valence-electron chi connectivity index (χ0n) is 22.0. The van der Waals surface area contributed by atoms with Gasteiger partial charge in [-0.2, -0.15) is 0 Å². The van der Waals surface area contributed by atoms with E-state index in [1.165, 1.54) is 0 Å². The van der Waals surface area contributed by atoms with E-state index in [9.17, 15) is 4.79 Å². The Kier molecular flexibility index (Phi) is 8.05. The van der Waals surface area contributed by atoms with Gasteiger partial charge in [0.25, 0.3) is 0 Å². The van der Waals surface area contributed by atoms with Crippen molar-refractivity contribution in [2.75, 3.05) is 18.6 Å². The number of carbonyl (C=O) groups is 1. The summed E-state index contributed by atoms with van der Waals surface area (Å²) in [6.45, 7) is 9.19. The van der Waals surface area contributed by atoms with Crippen LogP contribution in [0.15, 0.2) is 84.9 Å². The molecule has 190 valence electrons. The standard InChI is InChI=1S/C31H33NO4Si/c1-23(22-35-26-17-15-25(34-2)16-18-26)29-21-24(19-20-37(3,4)5)32(30-14-10-9-13-28(29)30)31(33)36-27-11-7-6-8-12-27/h6-18,21,23-24H,22H2,1-5H3/t23-,24-/m1/s1. The molecule has 1 aliphatic heterocycles. The fourth-order valence-corrected chi connectivity index (χ4v) is 4.65. The molecule has 37 heavy (non-hydrogen) atoms. The fourth-order valence-electron chi connectivity index (χ4n) is 4.07. The lowest BCUT2D eigenvalue weighted by molar-refractivity contribution is 0.207. The first kappa shape index (κ1) is 26.1. The third kappa shape index (κ3) is 6.63. The summed E-state index contributed by atoms with van der Waals surface area (Å²) in [6.07, 6.45) is 1.63. The summed E-state index contributed by atoms with van der Waals surface area (Å²) in [5.41, 5.74) is 6.31. The van der Waals surface area contributed by atoms with Crippen LogP contribution in [0.3, 0.4) is 0 Å². The van der Waals surface area contributed by atoms with Crippen LogP contribution in [0, 0.1) is 17.4 Å². The minimum Gasteiger partial charge on any atom is -0.497 e. The van der Waals surface area contributed by atoms with Crippen molar-refractivity contribution in [2.24, 2.45) is 5.92 Å². The maximum atomic E-state index is 13.5. The molecule has 4 rings (SSSR count). The van der Waals surface area contributed by atoms with E-state index in [4.69, 9.17) is 14.2 Å². The molecule has 0 bridgehead atoms. The number of carbonyl (C=O) groups excluding carboxylic acids is 1. The largest absolute Gasteiger partial charge is 0.497 e. The van der Waals surface area contributed by atoms with Crippen molar-refractivity contribution in [3.63, 3.8) is 0 Å². The van der Waals surface area contributed by atoms with Crippen molar-refractivity contribution in [1.82, 2.24) is 0 Å². The van der Waals surface area contributed by atoms with Gasteiger partial charge in [0, 0.05) is 11.5 Å². The molecule has 1 amide bonds. The maximum Gasteiger partial charge on any atom is 0.421 e. The van der Waals surface area contributed by atoms with Gasteiger partial charge in [-0.25, -0.2) is 4.79 Å². The second-order valence-corrected chi connectivity index (χ2v) is 14.8. The highest BCUT2D eigenvalue weighted by molar-refractivity contribution is 6.83. The first-order valence-electron chi connectivity index (χ1n) is 12.4. The molecule has 1 heterocycles. The third-order valence-corrected chi connectivity index (χ3v) is 6.81. The Labute approximate surface area is 220 Å². The van der Waals surface area contributed by atoms with E-state index in [2.05, 4.69) is 44.1 Å². The Morgan fingerprint density at radius 3 is 2.24 bits per heavy atom. The van der Waals surface area contributed by atoms with Gasteiger partial charge in [0.05, 0.1) is 19.4 Å². The van der Waals surface area contributed by atoms with Gasteiger partial charge < -0.3 is 14.2 Å². The average Bonchev–Trinajstić information content (AvgIpc) is 2.90. The van der Waals surface area contributed by atoms with Crippen LogP contribution in [0.5, 0.6) is 17.2 Å². The van der Waals surface area contributed by atoms with Gasteiger partial charge in [-0.1, -0.05) is 68.9 Å². The van der Waals surface area contributed by atoms with Crippen LogP contribution < -0.4 is 19.1 Å². The summed E-state index contributed by atoms with van der Waals surface area (Å²) in [7, 11) is -0.0476. The predicted molar refractivity (Wildman–Crippen MR) is 152 cm³/mol. The van der Waals surface area contributed by atoms with E-state index in [0.29, 0.717) is 12.4 Å². The summed E-state index contributed by atoms with van der Waals surface area (Å²) < 4.78 is 17.1. The van der Waals surface area contributed by atoms with E-state index < -0.39 is 20.2 Å². The smallest absolute Gasteiger partial charge is 0.421 e. The molecule has 6 heteroatoms.